The lowest BCUT2D eigenvalue weighted by Gasteiger charge is -2.26. The van der Waals surface area contributed by atoms with Crippen molar-refractivity contribution in [3.63, 3.8) is 0 Å². The minimum Gasteiger partial charge on any atom is -0.360 e. The zero-order valence-corrected chi connectivity index (χ0v) is 16.6. The van der Waals surface area contributed by atoms with Gasteiger partial charge < -0.3 is 9.88 Å². The molecule has 0 atom stereocenters. The summed E-state index contributed by atoms with van der Waals surface area (Å²) in [4.78, 5) is 30.4. The van der Waals surface area contributed by atoms with E-state index in [0.717, 1.165) is 33.1 Å². The van der Waals surface area contributed by atoms with Crippen molar-refractivity contribution in [3.8, 4) is 0 Å². The lowest BCUT2D eigenvalue weighted by Crippen LogP contribution is -2.39. The second-order valence-electron chi connectivity index (χ2n) is 7.63. The molecule has 2 aromatic heterocycles. The Morgan fingerprint density at radius 2 is 1.97 bits per heavy atom. The van der Waals surface area contributed by atoms with Gasteiger partial charge >= 0.3 is 5.69 Å². The third-order valence-electron chi connectivity index (χ3n) is 5.90. The SMILES string of the molecule is Cn1c(=O)n(CC(=O)N2CC=C(c3c[nH]c4cc(F)ccc34)CC2)c2ccccc21. The number of aromatic amines is 1. The van der Waals surface area contributed by atoms with Crippen LogP contribution in [0.4, 0.5) is 4.39 Å². The Balaban J connectivity index is 1.36. The third-order valence-corrected chi connectivity index (χ3v) is 5.90. The van der Waals surface area contributed by atoms with Gasteiger partial charge in [-0.05, 0) is 42.3 Å². The van der Waals surface area contributed by atoms with Crippen molar-refractivity contribution in [2.24, 2.45) is 7.05 Å². The molecule has 7 heteroatoms. The summed E-state index contributed by atoms with van der Waals surface area (Å²) in [5.41, 5.74) is 4.33. The Hall–Kier alpha value is -3.61. The van der Waals surface area contributed by atoms with Gasteiger partial charge in [0.1, 0.15) is 12.4 Å². The third kappa shape index (κ3) is 2.94. The number of aryl methyl sites for hydroxylation is 1. The van der Waals surface area contributed by atoms with E-state index < -0.39 is 0 Å². The lowest BCUT2D eigenvalue weighted by molar-refractivity contribution is -0.131. The maximum absolute atomic E-state index is 13.4. The zero-order valence-electron chi connectivity index (χ0n) is 16.6. The highest BCUT2D eigenvalue weighted by atomic mass is 19.1. The number of hydrogen-bond donors (Lipinski definition) is 1. The van der Waals surface area contributed by atoms with Gasteiger partial charge in [0.05, 0.1) is 11.0 Å². The van der Waals surface area contributed by atoms with E-state index in [1.54, 1.807) is 22.6 Å². The molecule has 0 radical (unpaired) electrons. The van der Waals surface area contributed by atoms with Gasteiger partial charge in [0.15, 0.2) is 0 Å². The topological polar surface area (TPSA) is 63.0 Å². The summed E-state index contributed by atoms with van der Waals surface area (Å²) in [6.45, 7) is 1.09. The molecule has 0 saturated carbocycles. The first-order valence-corrected chi connectivity index (χ1v) is 9.91. The molecule has 152 valence electrons. The molecule has 5 rings (SSSR count). The van der Waals surface area contributed by atoms with Crippen molar-refractivity contribution >= 4 is 33.4 Å². The Morgan fingerprint density at radius 3 is 2.73 bits per heavy atom. The van der Waals surface area contributed by atoms with E-state index >= 15 is 0 Å². The van der Waals surface area contributed by atoms with Crippen LogP contribution in [-0.4, -0.2) is 38.0 Å². The van der Waals surface area contributed by atoms with Crippen LogP contribution in [0.3, 0.4) is 0 Å². The van der Waals surface area contributed by atoms with Gasteiger partial charge in [-0.25, -0.2) is 9.18 Å². The van der Waals surface area contributed by atoms with Gasteiger partial charge in [0.25, 0.3) is 0 Å². The molecular formula is C23H21FN4O2. The molecule has 1 aliphatic heterocycles. The molecule has 0 saturated heterocycles. The number of fused-ring (bicyclic) bond motifs is 2. The number of rotatable bonds is 3. The lowest BCUT2D eigenvalue weighted by atomic mass is 9.99. The molecule has 30 heavy (non-hydrogen) atoms. The summed E-state index contributed by atoms with van der Waals surface area (Å²) < 4.78 is 16.5. The number of nitrogens with zero attached hydrogens (tertiary/aromatic N) is 3. The average molecular weight is 404 g/mol. The van der Waals surface area contributed by atoms with Crippen LogP contribution in [0.15, 0.2) is 59.5 Å². The number of carbonyl (C=O) groups is 1. The van der Waals surface area contributed by atoms with Gasteiger partial charge in [-0.3, -0.25) is 13.9 Å². The number of halogens is 1. The largest absolute Gasteiger partial charge is 0.360 e. The summed E-state index contributed by atoms with van der Waals surface area (Å²) >= 11 is 0. The molecule has 0 aliphatic carbocycles. The number of H-pyrrole nitrogens is 1. The summed E-state index contributed by atoms with van der Waals surface area (Å²) in [6, 6.07) is 12.2. The van der Waals surface area contributed by atoms with Crippen molar-refractivity contribution in [3.05, 3.63) is 76.6 Å². The summed E-state index contributed by atoms with van der Waals surface area (Å²) in [5, 5.41) is 0.977. The number of aromatic nitrogens is 3. The molecular weight excluding hydrogens is 383 g/mol. The number of imidazole rings is 1. The fraction of sp³-hybridized carbons (Fsp3) is 0.217. The molecule has 0 fully saturated rings. The Bertz CT molecular complexity index is 1380. The van der Waals surface area contributed by atoms with E-state index in [1.165, 1.54) is 16.7 Å². The number of carbonyl (C=O) groups excluding carboxylic acids is 1. The minimum absolute atomic E-state index is 0.0235. The molecule has 1 N–H and O–H groups in total. The van der Waals surface area contributed by atoms with Crippen LogP contribution in [0.2, 0.25) is 0 Å². The standard InChI is InChI=1S/C23H21FN4O2/c1-26-20-4-2-3-5-21(20)28(23(26)30)14-22(29)27-10-8-15(9-11-27)18-13-25-19-12-16(24)6-7-17(18)19/h2-8,12-13,25H,9-11,14H2,1H3. The molecule has 2 aromatic carbocycles. The normalized spacial score (nSPS) is 14.5. The van der Waals surface area contributed by atoms with Crippen molar-refractivity contribution in [2.45, 2.75) is 13.0 Å². The second-order valence-corrected chi connectivity index (χ2v) is 7.63. The summed E-state index contributed by atoms with van der Waals surface area (Å²) in [6.07, 6.45) is 4.64. The second kappa shape index (κ2) is 7.02. The number of hydrogen-bond acceptors (Lipinski definition) is 2. The van der Waals surface area contributed by atoms with E-state index in [2.05, 4.69) is 4.98 Å². The van der Waals surface area contributed by atoms with Crippen LogP contribution < -0.4 is 5.69 Å². The minimum atomic E-state index is -0.269. The molecule has 6 nitrogen and oxygen atoms in total. The quantitative estimate of drug-likeness (QED) is 0.570. The predicted molar refractivity (Wildman–Crippen MR) is 115 cm³/mol. The van der Waals surface area contributed by atoms with E-state index in [-0.39, 0.29) is 24.0 Å². The van der Waals surface area contributed by atoms with E-state index in [0.29, 0.717) is 19.5 Å². The van der Waals surface area contributed by atoms with Crippen molar-refractivity contribution < 1.29 is 9.18 Å². The highest BCUT2D eigenvalue weighted by Gasteiger charge is 2.21. The molecule has 1 amide bonds. The van der Waals surface area contributed by atoms with Gasteiger partial charge in [0, 0.05) is 42.8 Å². The van der Waals surface area contributed by atoms with E-state index in [1.807, 2.05) is 36.5 Å². The van der Waals surface area contributed by atoms with Gasteiger partial charge in [-0.1, -0.05) is 18.2 Å². The van der Waals surface area contributed by atoms with Crippen LogP contribution in [-0.2, 0) is 18.4 Å². The molecule has 0 bridgehead atoms. The average Bonchev–Trinajstić information content (AvgIpc) is 3.28. The summed E-state index contributed by atoms with van der Waals surface area (Å²) in [7, 11) is 1.72. The van der Waals surface area contributed by atoms with Crippen molar-refractivity contribution in [1.29, 1.82) is 0 Å². The number of benzene rings is 2. The van der Waals surface area contributed by atoms with E-state index in [9.17, 15) is 14.0 Å². The first-order chi connectivity index (χ1) is 14.5. The Kier molecular flexibility index (Phi) is 4.31. The van der Waals surface area contributed by atoms with Crippen molar-refractivity contribution in [1.82, 2.24) is 19.0 Å². The number of amides is 1. The first-order valence-electron chi connectivity index (χ1n) is 9.91. The Labute approximate surface area is 171 Å². The highest BCUT2D eigenvalue weighted by Crippen LogP contribution is 2.29. The van der Waals surface area contributed by atoms with Crippen LogP contribution in [0.1, 0.15) is 12.0 Å². The van der Waals surface area contributed by atoms with Crippen LogP contribution >= 0.6 is 0 Å². The maximum Gasteiger partial charge on any atom is 0.329 e. The first kappa shape index (κ1) is 18.4. The van der Waals surface area contributed by atoms with Crippen LogP contribution in [0.5, 0.6) is 0 Å². The molecule has 4 aromatic rings. The van der Waals surface area contributed by atoms with Crippen LogP contribution in [0, 0.1) is 5.82 Å². The number of para-hydroxylation sites is 2. The number of nitrogens with one attached hydrogen (secondary N) is 1. The smallest absolute Gasteiger partial charge is 0.329 e. The van der Waals surface area contributed by atoms with Crippen LogP contribution in [0.25, 0.3) is 27.5 Å². The van der Waals surface area contributed by atoms with Gasteiger partial charge in [-0.2, -0.15) is 0 Å². The van der Waals surface area contributed by atoms with Crippen molar-refractivity contribution in [2.75, 3.05) is 13.1 Å². The van der Waals surface area contributed by atoms with Gasteiger partial charge in [-0.15, -0.1) is 0 Å². The fourth-order valence-electron chi connectivity index (χ4n) is 4.26. The highest BCUT2D eigenvalue weighted by molar-refractivity contribution is 5.93. The molecule has 0 spiro atoms. The van der Waals surface area contributed by atoms with Gasteiger partial charge in [0.2, 0.25) is 5.91 Å². The zero-order chi connectivity index (χ0) is 20.8. The molecule has 3 heterocycles. The van der Waals surface area contributed by atoms with E-state index in [4.69, 9.17) is 0 Å². The fourth-order valence-corrected chi connectivity index (χ4v) is 4.26. The Morgan fingerprint density at radius 1 is 1.17 bits per heavy atom. The summed E-state index contributed by atoms with van der Waals surface area (Å²) in [5.74, 6) is -0.348. The molecule has 1 aliphatic rings. The molecule has 0 unspecified atom stereocenters. The predicted octanol–water partition coefficient (Wildman–Crippen LogP) is 3.28. The monoisotopic (exact) mass is 404 g/mol. The maximum atomic E-state index is 13.4.